The van der Waals surface area contributed by atoms with Crippen molar-refractivity contribution >= 4 is 23.6 Å². The summed E-state index contributed by atoms with van der Waals surface area (Å²) in [5, 5.41) is 0.942. The van der Waals surface area contributed by atoms with Crippen molar-refractivity contribution in [1.29, 1.82) is 0 Å². The van der Waals surface area contributed by atoms with Gasteiger partial charge in [0.25, 0.3) is 0 Å². The minimum Gasteiger partial charge on any atom is -0.422 e. The molecule has 2 nitrogen and oxygen atoms in total. The molecule has 0 bridgehead atoms. The van der Waals surface area contributed by atoms with Crippen LogP contribution in [-0.2, 0) is 5.75 Å². The van der Waals surface area contributed by atoms with E-state index in [9.17, 15) is 4.79 Å². The van der Waals surface area contributed by atoms with E-state index in [1.165, 1.54) is 0 Å². The molecule has 3 rings (SSSR count). The third-order valence-corrected chi connectivity index (χ3v) is 3.44. The zero-order chi connectivity index (χ0) is 13.2. The van der Waals surface area contributed by atoms with Crippen LogP contribution < -0.4 is 5.63 Å². The first kappa shape index (κ1) is 12.1. The molecule has 0 atom stereocenters. The molecule has 0 unspecified atom stereocenters. The van der Waals surface area contributed by atoms with Crippen molar-refractivity contribution in [2.45, 2.75) is 5.75 Å². The molecule has 1 heterocycles. The molecule has 19 heavy (non-hydrogen) atoms. The molecule has 0 spiro atoms. The zero-order valence-electron chi connectivity index (χ0n) is 10.2. The van der Waals surface area contributed by atoms with Crippen LogP contribution in [0.5, 0.6) is 0 Å². The Morgan fingerprint density at radius 3 is 2.37 bits per heavy atom. The maximum Gasteiger partial charge on any atom is 0.340 e. The molecule has 0 aliphatic heterocycles. The highest BCUT2D eigenvalue weighted by Gasteiger charge is 2.14. The van der Waals surface area contributed by atoms with Crippen molar-refractivity contribution in [1.82, 2.24) is 0 Å². The Bertz CT molecular complexity index is 776. The van der Waals surface area contributed by atoms with Crippen LogP contribution in [0.4, 0.5) is 0 Å². The molecule has 3 aromatic rings. The number of benzene rings is 2. The molecule has 0 amide bonds. The summed E-state index contributed by atoms with van der Waals surface area (Å²) in [4.78, 5) is 12.0. The van der Waals surface area contributed by atoms with E-state index >= 15 is 0 Å². The summed E-state index contributed by atoms with van der Waals surface area (Å²) in [6, 6.07) is 17.4. The highest BCUT2D eigenvalue weighted by atomic mass is 32.1. The molecule has 3 heteroatoms. The highest BCUT2D eigenvalue weighted by molar-refractivity contribution is 7.79. The first-order valence-corrected chi connectivity index (χ1v) is 6.65. The second-order valence-electron chi connectivity index (χ2n) is 4.26. The molecule has 0 fully saturated rings. The predicted molar refractivity (Wildman–Crippen MR) is 80.6 cm³/mol. The fourth-order valence-corrected chi connectivity index (χ4v) is 2.55. The second kappa shape index (κ2) is 4.94. The largest absolute Gasteiger partial charge is 0.422 e. The van der Waals surface area contributed by atoms with Crippen LogP contribution in [0.25, 0.3) is 22.1 Å². The second-order valence-corrected chi connectivity index (χ2v) is 4.58. The average molecular weight is 268 g/mol. The SMILES string of the molecule is O=c1oc2ccccc2c(-c2ccccc2)c1CS. The van der Waals surface area contributed by atoms with Crippen LogP contribution in [-0.4, -0.2) is 0 Å². The van der Waals surface area contributed by atoms with Gasteiger partial charge in [-0.05, 0) is 11.6 Å². The Kier molecular flexibility index (Phi) is 3.13. The average Bonchev–Trinajstić information content (AvgIpc) is 2.46. The van der Waals surface area contributed by atoms with Gasteiger partial charge in [0, 0.05) is 16.7 Å². The maximum atomic E-state index is 12.0. The van der Waals surface area contributed by atoms with E-state index in [2.05, 4.69) is 12.6 Å². The summed E-state index contributed by atoms with van der Waals surface area (Å²) in [6.07, 6.45) is 0. The van der Waals surface area contributed by atoms with Gasteiger partial charge in [-0.2, -0.15) is 12.6 Å². The summed E-state index contributed by atoms with van der Waals surface area (Å²) >= 11 is 4.27. The van der Waals surface area contributed by atoms with Gasteiger partial charge in [-0.3, -0.25) is 0 Å². The van der Waals surface area contributed by atoms with Crippen molar-refractivity contribution in [3.8, 4) is 11.1 Å². The molecule has 0 N–H and O–H groups in total. The van der Waals surface area contributed by atoms with Gasteiger partial charge >= 0.3 is 5.63 Å². The smallest absolute Gasteiger partial charge is 0.340 e. The van der Waals surface area contributed by atoms with Crippen molar-refractivity contribution in [2.24, 2.45) is 0 Å². The molecular formula is C16H12O2S. The maximum absolute atomic E-state index is 12.0. The van der Waals surface area contributed by atoms with Gasteiger partial charge in [-0.1, -0.05) is 48.5 Å². The van der Waals surface area contributed by atoms with Crippen LogP contribution in [0, 0.1) is 0 Å². The molecule has 0 aliphatic rings. The van der Waals surface area contributed by atoms with E-state index in [-0.39, 0.29) is 5.63 Å². The lowest BCUT2D eigenvalue weighted by Crippen LogP contribution is -2.08. The summed E-state index contributed by atoms with van der Waals surface area (Å²) in [6.45, 7) is 0. The molecule has 0 radical (unpaired) electrons. The van der Waals surface area contributed by atoms with Crippen LogP contribution in [0.1, 0.15) is 5.56 Å². The summed E-state index contributed by atoms with van der Waals surface area (Å²) in [5.41, 5.74) is 2.83. The zero-order valence-corrected chi connectivity index (χ0v) is 11.1. The highest BCUT2D eigenvalue weighted by Crippen LogP contribution is 2.30. The van der Waals surface area contributed by atoms with Crippen LogP contribution in [0.3, 0.4) is 0 Å². The number of fused-ring (bicyclic) bond motifs is 1. The quantitative estimate of drug-likeness (QED) is 0.564. The van der Waals surface area contributed by atoms with E-state index in [1.807, 2.05) is 54.6 Å². The Morgan fingerprint density at radius 1 is 0.947 bits per heavy atom. The standard InChI is InChI=1S/C16H12O2S/c17-16-13(10-19)15(11-6-2-1-3-7-11)12-8-4-5-9-14(12)18-16/h1-9,19H,10H2. The number of rotatable bonds is 2. The van der Waals surface area contributed by atoms with Gasteiger partial charge in [-0.25, -0.2) is 4.79 Å². The van der Waals surface area contributed by atoms with E-state index in [1.54, 1.807) is 0 Å². The van der Waals surface area contributed by atoms with Gasteiger partial charge in [0.2, 0.25) is 0 Å². The predicted octanol–water partition coefficient (Wildman–Crippen LogP) is 3.89. The number of thiol groups is 1. The van der Waals surface area contributed by atoms with E-state index in [4.69, 9.17) is 4.42 Å². The Balaban J connectivity index is 2.47. The van der Waals surface area contributed by atoms with Gasteiger partial charge in [-0.15, -0.1) is 0 Å². The first-order chi connectivity index (χ1) is 9.31. The molecule has 2 aromatic carbocycles. The molecular weight excluding hydrogens is 256 g/mol. The topological polar surface area (TPSA) is 30.2 Å². The third kappa shape index (κ3) is 2.06. The number of hydrogen-bond donors (Lipinski definition) is 1. The molecule has 94 valence electrons. The fourth-order valence-electron chi connectivity index (χ4n) is 2.27. The molecule has 0 saturated carbocycles. The van der Waals surface area contributed by atoms with E-state index in [0.29, 0.717) is 16.9 Å². The van der Waals surface area contributed by atoms with Crippen molar-refractivity contribution in [3.63, 3.8) is 0 Å². The number of hydrogen-bond acceptors (Lipinski definition) is 3. The van der Waals surface area contributed by atoms with Crippen LogP contribution in [0.2, 0.25) is 0 Å². The van der Waals surface area contributed by atoms with Gasteiger partial charge in [0.05, 0.1) is 5.56 Å². The lowest BCUT2D eigenvalue weighted by molar-refractivity contribution is 0.555. The van der Waals surface area contributed by atoms with Gasteiger partial charge in [0.15, 0.2) is 0 Å². The lowest BCUT2D eigenvalue weighted by atomic mass is 9.98. The van der Waals surface area contributed by atoms with Crippen molar-refractivity contribution < 1.29 is 4.42 Å². The minimum absolute atomic E-state index is 0.312. The van der Waals surface area contributed by atoms with Gasteiger partial charge in [0.1, 0.15) is 5.58 Å². The first-order valence-electron chi connectivity index (χ1n) is 6.02. The van der Waals surface area contributed by atoms with E-state index < -0.39 is 0 Å². The monoisotopic (exact) mass is 268 g/mol. The molecule has 0 aliphatic carbocycles. The van der Waals surface area contributed by atoms with E-state index in [0.717, 1.165) is 16.5 Å². The van der Waals surface area contributed by atoms with Crippen molar-refractivity contribution in [3.05, 3.63) is 70.6 Å². The third-order valence-electron chi connectivity index (χ3n) is 3.13. The lowest BCUT2D eigenvalue weighted by Gasteiger charge is -2.10. The summed E-state index contributed by atoms with van der Waals surface area (Å²) < 4.78 is 5.34. The summed E-state index contributed by atoms with van der Waals surface area (Å²) in [7, 11) is 0. The molecule has 0 saturated heterocycles. The fraction of sp³-hybridized carbons (Fsp3) is 0.0625. The van der Waals surface area contributed by atoms with Crippen LogP contribution in [0.15, 0.2) is 63.8 Å². The minimum atomic E-state index is -0.312. The van der Waals surface area contributed by atoms with Gasteiger partial charge < -0.3 is 4.42 Å². The molecule has 1 aromatic heterocycles. The Hall–Kier alpha value is -2.00. The summed E-state index contributed by atoms with van der Waals surface area (Å²) in [5.74, 6) is 0.359. The normalized spacial score (nSPS) is 10.8. The van der Waals surface area contributed by atoms with Crippen LogP contribution >= 0.6 is 12.6 Å². The Labute approximate surface area is 116 Å². The number of para-hydroxylation sites is 1. The Morgan fingerprint density at radius 2 is 1.63 bits per heavy atom. The van der Waals surface area contributed by atoms with Crippen molar-refractivity contribution in [2.75, 3.05) is 0 Å².